The first-order chi connectivity index (χ1) is 14.1. The van der Waals surface area contributed by atoms with Crippen LogP contribution in [-0.2, 0) is 9.59 Å². The SMILES string of the molecule is O=C(COc1ccccc1C1SCCS1)Nc1ccc(N2CCCC2=O)c(Cl)c1. The number of hydrogen-bond acceptors (Lipinski definition) is 5. The van der Waals surface area contributed by atoms with E-state index in [1.807, 2.05) is 41.7 Å². The van der Waals surface area contributed by atoms with Crippen molar-refractivity contribution in [2.45, 2.75) is 17.4 Å². The van der Waals surface area contributed by atoms with Gasteiger partial charge in [0.15, 0.2) is 6.61 Å². The lowest BCUT2D eigenvalue weighted by atomic mass is 10.2. The summed E-state index contributed by atoms with van der Waals surface area (Å²) in [5, 5.41) is 3.25. The van der Waals surface area contributed by atoms with Gasteiger partial charge in [-0.25, -0.2) is 0 Å². The molecule has 2 fully saturated rings. The van der Waals surface area contributed by atoms with Gasteiger partial charge in [-0.05, 0) is 30.7 Å². The lowest BCUT2D eigenvalue weighted by Gasteiger charge is -2.18. The number of halogens is 1. The molecule has 0 bridgehead atoms. The molecule has 2 saturated heterocycles. The molecule has 5 nitrogen and oxygen atoms in total. The summed E-state index contributed by atoms with van der Waals surface area (Å²) in [5.74, 6) is 2.82. The molecule has 2 aromatic carbocycles. The molecule has 0 aromatic heterocycles. The molecule has 0 radical (unpaired) electrons. The zero-order valence-electron chi connectivity index (χ0n) is 15.7. The van der Waals surface area contributed by atoms with Crippen LogP contribution in [0.2, 0.25) is 5.02 Å². The number of nitrogens with one attached hydrogen (secondary N) is 1. The van der Waals surface area contributed by atoms with Gasteiger partial charge in [0, 0.05) is 35.7 Å². The van der Waals surface area contributed by atoms with Crippen LogP contribution in [0.1, 0.15) is 23.0 Å². The summed E-state index contributed by atoms with van der Waals surface area (Å²) in [7, 11) is 0. The molecule has 29 heavy (non-hydrogen) atoms. The minimum absolute atomic E-state index is 0.0781. The monoisotopic (exact) mass is 448 g/mol. The van der Waals surface area contributed by atoms with Crippen molar-refractivity contribution < 1.29 is 14.3 Å². The smallest absolute Gasteiger partial charge is 0.262 e. The molecule has 152 valence electrons. The van der Waals surface area contributed by atoms with Crippen LogP contribution in [0.4, 0.5) is 11.4 Å². The first-order valence-corrected chi connectivity index (χ1v) is 11.9. The van der Waals surface area contributed by atoms with Crippen LogP contribution >= 0.6 is 35.1 Å². The number of ether oxygens (including phenoxy) is 1. The number of benzene rings is 2. The quantitative estimate of drug-likeness (QED) is 0.676. The van der Waals surface area contributed by atoms with E-state index in [0.717, 1.165) is 29.2 Å². The number of nitrogens with zero attached hydrogens (tertiary/aromatic N) is 1. The van der Waals surface area contributed by atoms with Gasteiger partial charge in [-0.3, -0.25) is 9.59 Å². The molecule has 0 saturated carbocycles. The summed E-state index contributed by atoms with van der Waals surface area (Å²) < 4.78 is 6.16. The second-order valence-corrected chi connectivity index (χ2v) is 9.89. The van der Waals surface area contributed by atoms with Gasteiger partial charge in [0.2, 0.25) is 5.91 Å². The fourth-order valence-corrected chi connectivity index (χ4v) is 6.58. The molecule has 1 N–H and O–H groups in total. The third-order valence-corrected chi connectivity index (χ3v) is 8.12. The van der Waals surface area contributed by atoms with Gasteiger partial charge in [0.1, 0.15) is 5.75 Å². The van der Waals surface area contributed by atoms with E-state index in [4.69, 9.17) is 16.3 Å². The first kappa shape index (κ1) is 20.4. The standard InChI is InChI=1S/C21H21ClN2O3S2/c22-16-12-14(7-8-17(16)24-9-3-6-20(24)26)23-19(25)13-27-18-5-2-1-4-15(18)21-28-10-11-29-21/h1-2,4-5,7-8,12,21H,3,6,9-11,13H2,(H,23,25). The molecule has 2 aliphatic rings. The van der Waals surface area contributed by atoms with Gasteiger partial charge >= 0.3 is 0 Å². The average molecular weight is 449 g/mol. The largest absolute Gasteiger partial charge is 0.483 e. The van der Waals surface area contributed by atoms with Crippen molar-refractivity contribution in [3.8, 4) is 5.75 Å². The van der Waals surface area contributed by atoms with Gasteiger partial charge in [-0.15, -0.1) is 23.5 Å². The molecule has 2 heterocycles. The molecule has 0 atom stereocenters. The summed E-state index contributed by atoms with van der Waals surface area (Å²) in [6, 6.07) is 13.1. The molecule has 2 aromatic rings. The van der Waals surface area contributed by atoms with E-state index in [2.05, 4.69) is 11.4 Å². The van der Waals surface area contributed by atoms with Crippen LogP contribution in [-0.4, -0.2) is 36.5 Å². The van der Waals surface area contributed by atoms with E-state index in [-0.39, 0.29) is 18.4 Å². The maximum absolute atomic E-state index is 12.4. The minimum atomic E-state index is -0.257. The molecular formula is C21H21ClN2O3S2. The molecule has 2 aliphatic heterocycles. The lowest BCUT2D eigenvalue weighted by Crippen LogP contribution is -2.24. The lowest BCUT2D eigenvalue weighted by molar-refractivity contribution is -0.118. The fraction of sp³-hybridized carbons (Fsp3) is 0.333. The maximum atomic E-state index is 12.4. The van der Waals surface area contributed by atoms with Crippen LogP contribution in [0.25, 0.3) is 0 Å². The Bertz CT molecular complexity index is 919. The Morgan fingerprint density at radius 3 is 2.72 bits per heavy atom. The van der Waals surface area contributed by atoms with Gasteiger partial charge in [-0.2, -0.15) is 0 Å². The molecule has 0 spiro atoms. The number of carbonyl (C=O) groups is 2. The van der Waals surface area contributed by atoms with Crippen LogP contribution in [0.15, 0.2) is 42.5 Å². The Hall–Kier alpha value is -1.83. The number of hydrogen-bond donors (Lipinski definition) is 1. The molecule has 0 aliphatic carbocycles. The number of rotatable bonds is 6. The normalized spacial score (nSPS) is 17.0. The Morgan fingerprint density at radius 2 is 2.00 bits per heavy atom. The average Bonchev–Trinajstić information content (AvgIpc) is 3.39. The summed E-state index contributed by atoms with van der Waals surface area (Å²) in [5.41, 5.74) is 2.38. The first-order valence-electron chi connectivity index (χ1n) is 9.46. The molecule has 2 amide bonds. The van der Waals surface area contributed by atoms with Gasteiger partial charge in [-0.1, -0.05) is 29.8 Å². The topological polar surface area (TPSA) is 58.6 Å². The van der Waals surface area contributed by atoms with E-state index >= 15 is 0 Å². The summed E-state index contributed by atoms with van der Waals surface area (Å²) in [4.78, 5) is 26.0. The maximum Gasteiger partial charge on any atom is 0.262 e. The van der Waals surface area contributed by atoms with Gasteiger partial charge in [0.05, 0.1) is 15.3 Å². The highest BCUT2D eigenvalue weighted by atomic mass is 35.5. The Kier molecular flexibility index (Phi) is 6.57. The highest BCUT2D eigenvalue weighted by Crippen LogP contribution is 2.48. The highest BCUT2D eigenvalue weighted by molar-refractivity contribution is 8.19. The van der Waals surface area contributed by atoms with Crippen LogP contribution in [0.3, 0.4) is 0 Å². The number of amides is 2. The third kappa shape index (κ3) is 4.85. The predicted molar refractivity (Wildman–Crippen MR) is 121 cm³/mol. The zero-order valence-corrected chi connectivity index (χ0v) is 18.1. The van der Waals surface area contributed by atoms with Crippen LogP contribution in [0.5, 0.6) is 5.75 Å². The Balaban J connectivity index is 1.37. The van der Waals surface area contributed by atoms with Gasteiger partial charge < -0.3 is 15.0 Å². The van der Waals surface area contributed by atoms with Crippen LogP contribution < -0.4 is 15.0 Å². The van der Waals surface area contributed by atoms with Crippen molar-refractivity contribution in [1.82, 2.24) is 0 Å². The fourth-order valence-electron chi connectivity index (χ4n) is 3.39. The Morgan fingerprint density at radius 1 is 1.21 bits per heavy atom. The highest BCUT2D eigenvalue weighted by Gasteiger charge is 2.24. The summed E-state index contributed by atoms with van der Waals surface area (Å²) >= 11 is 10.1. The van der Waals surface area contributed by atoms with E-state index < -0.39 is 0 Å². The summed E-state index contributed by atoms with van der Waals surface area (Å²) in [6.07, 6.45) is 1.38. The number of para-hydroxylation sites is 1. The van der Waals surface area contributed by atoms with E-state index in [9.17, 15) is 9.59 Å². The van der Waals surface area contributed by atoms with Crippen molar-refractivity contribution in [3.05, 3.63) is 53.1 Å². The molecular weight excluding hydrogens is 428 g/mol. The second-order valence-electron chi connectivity index (χ2n) is 6.76. The number of anilines is 2. The number of thioether (sulfide) groups is 2. The molecule has 0 unspecified atom stereocenters. The Labute approximate surface area is 183 Å². The minimum Gasteiger partial charge on any atom is -0.483 e. The van der Waals surface area contributed by atoms with E-state index in [0.29, 0.717) is 33.9 Å². The van der Waals surface area contributed by atoms with Crippen LogP contribution in [0, 0.1) is 0 Å². The van der Waals surface area contributed by atoms with Crippen molar-refractivity contribution >= 4 is 58.3 Å². The van der Waals surface area contributed by atoms with E-state index in [1.54, 1.807) is 23.1 Å². The van der Waals surface area contributed by atoms with Gasteiger partial charge in [0.25, 0.3) is 5.91 Å². The summed E-state index contributed by atoms with van der Waals surface area (Å²) in [6.45, 7) is 0.595. The van der Waals surface area contributed by atoms with Crippen molar-refractivity contribution in [1.29, 1.82) is 0 Å². The van der Waals surface area contributed by atoms with Crippen molar-refractivity contribution in [3.63, 3.8) is 0 Å². The second kappa shape index (κ2) is 9.32. The predicted octanol–water partition coefficient (Wildman–Crippen LogP) is 4.96. The number of carbonyl (C=O) groups excluding carboxylic acids is 2. The van der Waals surface area contributed by atoms with E-state index in [1.165, 1.54) is 0 Å². The third-order valence-electron chi connectivity index (χ3n) is 4.75. The van der Waals surface area contributed by atoms with Crippen molar-refractivity contribution in [2.24, 2.45) is 0 Å². The molecule has 8 heteroatoms. The van der Waals surface area contributed by atoms with Crippen molar-refractivity contribution in [2.75, 3.05) is 34.9 Å². The zero-order chi connectivity index (χ0) is 20.2. The molecule has 4 rings (SSSR count).